The van der Waals surface area contributed by atoms with E-state index >= 15 is 0 Å². The number of nitrogens with two attached hydrogens (primary N) is 1. The fourth-order valence-electron chi connectivity index (χ4n) is 1.43. The Hall–Kier alpha value is -1.09. The summed E-state index contributed by atoms with van der Waals surface area (Å²) in [5.41, 5.74) is 6.36. The zero-order valence-electron chi connectivity index (χ0n) is 9.35. The van der Waals surface area contributed by atoms with Crippen molar-refractivity contribution in [3.05, 3.63) is 34.3 Å². The summed E-state index contributed by atoms with van der Waals surface area (Å²) in [6, 6.07) is 6.09. The van der Waals surface area contributed by atoms with Crippen LogP contribution in [0.2, 0.25) is 5.02 Å². The maximum Gasteiger partial charge on any atom is 0.156 e. The van der Waals surface area contributed by atoms with Crippen LogP contribution in [0.25, 0.3) is 0 Å². The van der Waals surface area contributed by atoms with Crippen molar-refractivity contribution in [1.29, 1.82) is 5.26 Å². The van der Waals surface area contributed by atoms with E-state index in [0.29, 0.717) is 11.1 Å². The summed E-state index contributed by atoms with van der Waals surface area (Å²) < 4.78 is 23.4. The number of hydrogen-bond acceptors (Lipinski definition) is 4. The van der Waals surface area contributed by atoms with Gasteiger partial charge in [-0.2, -0.15) is 5.26 Å². The Morgan fingerprint density at radius 2 is 2.18 bits per heavy atom. The minimum absolute atomic E-state index is 0.0800. The minimum atomic E-state index is -3.27. The molecule has 0 spiro atoms. The first-order chi connectivity index (χ1) is 7.84. The van der Waals surface area contributed by atoms with E-state index in [1.807, 2.05) is 6.07 Å². The second-order valence-corrected chi connectivity index (χ2v) is 6.47. The summed E-state index contributed by atoms with van der Waals surface area (Å²) in [6.07, 6.45) is 0. The average Bonchev–Trinajstić information content (AvgIpc) is 2.18. The molecule has 0 radical (unpaired) electrons. The third kappa shape index (κ3) is 4.35. The fourth-order valence-corrected chi connectivity index (χ4v) is 3.40. The molecule has 0 aliphatic rings. The van der Waals surface area contributed by atoms with Gasteiger partial charge in [0.25, 0.3) is 0 Å². The largest absolute Gasteiger partial charge is 0.327 e. The third-order valence-electron chi connectivity index (χ3n) is 2.07. The molecule has 1 atom stereocenters. The molecule has 1 rings (SSSR count). The van der Waals surface area contributed by atoms with Crippen molar-refractivity contribution in [1.82, 2.24) is 0 Å². The van der Waals surface area contributed by atoms with E-state index in [-0.39, 0.29) is 16.5 Å². The van der Waals surface area contributed by atoms with Gasteiger partial charge in [0.15, 0.2) is 9.84 Å². The molecule has 0 bridgehead atoms. The van der Waals surface area contributed by atoms with Crippen LogP contribution in [0.4, 0.5) is 0 Å². The first kappa shape index (κ1) is 14.0. The van der Waals surface area contributed by atoms with Crippen molar-refractivity contribution < 1.29 is 8.42 Å². The van der Waals surface area contributed by atoms with Crippen molar-refractivity contribution in [2.24, 2.45) is 5.73 Å². The van der Waals surface area contributed by atoms with Crippen LogP contribution >= 0.6 is 11.6 Å². The smallest absolute Gasteiger partial charge is 0.156 e. The first-order valence-electron chi connectivity index (χ1n) is 4.98. The van der Waals surface area contributed by atoms with Crippen LogP contribution in [0.5, 0.6) is 0 Å². The molecule has 1 aromatic carbocycles. The number of sulfone groups is 1. The van der Waals surface area contributed by atoms with Gasteiger partial charge in [-0.15, -0.1) is 0 Å². The Balaban J connectivity index is 2.94. The highest BCUT2D eigenvalue weighted by atomic mass is 35.5. The van der Waals surface area contributed by atoms with Crippen LogP contribution in [0.1, 0.15) is 18.1 Å². The van der Waals surface area contributed by atoms with E-state index in [1.54, 1.807) is 19.1 Å². The number of nitrogens with zero attached hydrogens (tertiary/aromatic N) is 1. The van der Waals surface area contributed by atoms with E-state index in [9.17, 15) is 8.42 Å². The van der Waals surface area contributed by atoms with Crippen LogP contribution in [-0.4, -0.2) is 20.2 Å². The quantitative estimate of drug-likeness (QED) is 0.900. The second-order valence-electron chi connectivity index (χ2n) is 3.95. The molecule has 0 heterocycles. The standard InChI is InChI=1S/C11H13ClN2O2S/c1-8(14)6-17(15,16)7-10-3-2-9(5-13)4-11(10)12/h2-4,8H,6-7,14H2,1H3. The molecule has 0 aromatic heterocycles. The molecule has 4 nitrogen and oxygen atoms in total. The molecule has 1 unspecified atom stereocenters. The summed E-state index contributed by atoms with van der Waals surface area (Å²) in [5, 5.41) is 8.95. The van der Waals surface area contributed by atoms with Crippen LogP contribution in [-0.2, 0) is 15.6 Å². The van der Waals surface area contributed by atoms with E-state index < -0.39 is 15.9 Å². The number of halogens is 1. The monoisotopic (exact) mass is 272 g/mol. The molecule has 0 saturated heterocycles. The molecule has 0 aliphatic carbocycles. The Labute approximate surface area is 106 Å². The number of nitriles is 1. The highest BCUT2D eigenvalue weighted by Gasteiger charge is 2.16. The molecule has 92 valence electrons. The van der Waals surface area contributed by atoms with Crippen LogP contribution in [0.15, 0.2) is 18.2 Å². The number of rotatable bonds is 4. The van der Waals surface area contributed by atoms with Gasteiger partial charge in [0, 0.05) is 11.1 Å². The van der Waals surface area contributed by atoms with Gasteiger partial charge >= 0.3 is 0 Å². The predicted molar refractivity (Wildman–Crippen MR) is 67.3 cm³/mol. The zero-order chi connectivity index (χ0) is 13.1. The van der Waals surface area contributed by atoms with Gasteiger partial charge in [0.2, 0.25) is 0 Å². The third-order valence-corrected chi connectivity index (χ3v) is 4.21. The Kier molecular flexibility index (Phi) is 4.52. The molecule has 0 aliphatic heterocycles. The minimum Gasteiger partial charge on any atom is -0.327 e. The summed E-state index contributed by atoms with van der Waals surface area (Å²) >= 11 is 5.90. The highest BCUT2D eigenvalue weighted by molar-refractivity contribution is 7.90. The van der Waals surface area contributed by atoms with Gasteiger partial charge in [-0.25, -0.2) is 8.42 Å². The van der Waals surface area contributed by atoms with Crippen molar-refractivity contribution in [2.75, 3.05) is 5.75 Å². The van der Waals surface area contributed by atoms with Gasteiger partial charge in [0.05, 0.1) is 23.1 Å². The fraction of sp³-hybridized carbons (Fsp3) is 0.364. The van der Waals surface area contributed by atoms with Crippen molar-refractivity contribution in [3.63, 3.8) is 0 Å². The molecule has 0 fully saturated rings. The Bertz CT molecular complexity index is 547. The molecule has 0 amide bonds. The summed E-state index contributed by atoms with van der Waals surface area (Å²) in [6.45, 7) is 1.64. The van der Waals surface area contributed by atoms with Gasteiger partial charge in [0.1, 0.15) is 0 Å². The topological polar surface area (TPSA) is 84.0 Å². The molecule has 1 aromatic rings. The van der Waals surface area contributed by atoms with E-state index in [1.165, 1.54) is 6.07 Å². The molecule has 6 heteroatoms. The lowest BCUT2D eigenvalue weighted by atomic mass is 10.2. The average molecular weight is 273 g/mol. The summed E-state index contributed by atoms with van der Waals surface area (Å²) in [4.78, 5) is 0. The lowest BCUT2D eigenvalue weighted by molar-refractivity contribution is 0.589. The molecule has 2 N–H and O–H groups in total. The van der Waals surface area contributed by atoms with Gasteiger partial charge in [-0.1, -0.05) is 17.7 Å². The maximum absolute atomic E-state index is 11.7. The van der Waals surface area contributed by atoms with E-state index in [2.05, 4.69) is 0 Å². The zero-order valence-corrected chi connectivity index (χ0v) is 10.9. The number of benzene rings is 1. The molecule has 17 heavy (non-hydrogen) atoms. The van der Waals surface area contributed by atoms with Gasteiger partial charge < -0.3 is 5.73 Å². The van der Waals surface area contributed by atoms with Crippen LogP contribution in [0.3, 0.4) is 0 Å². The van der Waals surface area contributed by atoms with Gasteiger partial charge in [-0.05, 0) is 24.6 Å². The van der Waals surface area contributed by atoms with Crippen LogP contribution in [0, 0.1) is 11.3 Å². The van der Waals surface area contributed by atoms with Crippen LogP contribution < -0.4 is 5.73 Å². The Morgan fingerprint density at radius 1 is 1.53 bits per heavy atom. The summed E-state index contributed by atoms with van der Waals surface area (Å²) in [7, 11) is -3.27. The SMILES string of the molecule is CC(N)CS(=O)(=O)Cc1ccc(C#N)cc1Cl. The molecular formula is C11H13ClN2O2S. The maximum atomic E-state index is 11.7. The van der Waals surface area contributed by atoms with E-state index in [0.717, 1.165) is 0 Å². The second kappa shape index (κ2) is 5.50. The lowest BCUT2D eigenvalue weighted by Gasteiger charge is -2.08. The first-order valence-corrected chi connectivity index (χ1v) is 7.18. The summed E-state index contributed by atoms with van der Waals surface area (Å²) in [5.74, 6) is -0.234. The van der Waals surface area contributed by atoms with Crippen molar-refractivity contribution >= 4 is 21.4 Å². The lowest BCUT2D eigenvalue weighted by Crippen LogP contribution is -2.27. The molecular weight excluding hydrogens is 260 g/mol. The number of hydrogen-bond donors (Lipinski definition) is 1. The Morgan fingerprint density at radius 3 is 2.65 bits per heavy atom. The van der Waals surface area contributed by atoms with E-state index in [4.69, 9.17) is 22.6 Å². The molecule has 0 saturated carbocycles. The highest BCUT2D eigenvalue weighted by Crippen LogP contribution is 2.20. The van der Waals surface area contributed by atoms with Crippen molar-refractivity contribution in [3.8, 4) is 6.07 Å². The predicted octanol–water partition coefficient (Wildman–Crippen LogP) is 1.47. The van der Waals surface area contributed by atoms with Crippen molar-refractivity contribution in [2.45, 2.75) is 18.7 Å². The van der Waals surface area contributed by atoms with Gasteiger partial charge in [-0.3, -0.25) is 0 Å². The normalized spacial score (nSPS) is 13.1.